The van der Waals surface area contributed by atoms with E-state index in [0.717, 1.165) is 54.4 Å². The summed E-state index contributed by atoms with van der Waals surface area (Å²) in [5, 5.41) is 0. The Hall–Kier alpha value is -3.80. The van der Waals surface area contributed by atoms with Crippen molar-refractivity contribution in [1.82, 2.24) is 14.9 Å². The zero-order valence-corrected chi connectivity index (χ0v) is 17.9. The first-order valence-corrected chi connectivity index (χ1v) is 11.0. The maximum absolute atomic E-state index is 13.3. The molecule has 32 heavy (non-hydrogen) atoms. The van der Waals surface area contributed by atoms with Gasteiger partial charge in [-0.2, -0.15) is 0 Å². The van der Waals surface area contributed by atoms with E-state index in [4.69, 9.17) is 4.74 Å². The number of anilines is 1. The molecule has 6 nitrogen and oxygen atoms in total. The van der Waals surface area contributed by atoms with Gasteiger partial charge in [-0.3, -0.25) is 4.79 Å². The Kier molecular flexibility index (Phi) is 5.75. The topological polar surface area (TPSA) is 61.5 Å². The molecule has 2 heterocycles. The van der Waals surface area contributed by atoms with E-state index in [1.54, 1.807) is 6.33 Å². The van der Waals surface area contributed by atoms with Gasteiger partial charge in [-0.05, 0) is 60.9 Å². The Balaban J connectivity index is 1.31. The number of rotatable bonds is 5. The van der Waals surface area contributed by atoms with Crippen LogP contribution in [0.5, 0.6) is 5.75 Å². The van der Waals surface area contributed by atoms with Crippen molar-refractivity contribution in [2.75, 3.05) is 18.0 Å². The Labute approximate surface area is 187 Å². The highest BCUT2D eigenvalue weighted by molar-refractivity contribution is 5.94. The monoisotopic (exact) mass is 426 g/mol. The van der Waals surface area contributed by atoms with E-state index >= 15 is 0 Å². The minimum absolute atomic E-state index is 0.0338. The molecule has 3 aromatic rings. The normalized spacial score (nSPS) is 15.7. The van der Waals surface area contributed by atoms with Crippen LogP contribution in [-0.4, -0.2) is 33.9 Å². The number of para-hydroxylation sites is 1. The standard InChI is InChI=1S/C26H26N4O2/c31-26(20-10-12-24(13-11-20)32-23-7-2-1-3-8-23)30-15-14-29(18-22-16-27-19-28-22)25-9-5-4-6-21(25)17-30/h2,4-13,16,19H,1,3,14-15,17-18H2,(H,27,28). The van der Waals surface area contributed by atoms with Crippen LogP contribution in [0.2, 0.25) is 0 Å². The molecule has 1 N–H and O–H groups in total. The fourth-order valence-corrected chi connectivity index (χ4v) is 4.16. The SMILES string of the molecule is O=C(c1ccc(OC2=CCCC=C2)cc1)N1CCN(Cc2cnc[nH]2)c2ccccc2C1. The number of amides is 1. The van der Waals surface area contributed by atoms with Gasteiger partial charge in [-0.25, -0.2) is 4.98 Å². The largest absolute Gasteiger partial charge is 0.458 e. The lowest BCUT2D eigenvalue weighted by Gasteiger charge is -2.24. The molecule has 2 aliphatic rings. The van der Waals surface area contributed by atoms with Crippen molar-refractivity contribution in [1.29, 1.82) is 0 Å². The zero-order valence-electron chi connectivity index (χ0n) is 17.9. The van der Waals surface area contributed by atoms with Gasteiger partial charge in [0.05, 0.1) is 18.6 Å². The molecule has 0 spiro atoms. The third-order valence-corrected chi connectivity index (χ3v) is 5.83. The van der Waals surface area contributed by atoms with E-state index < -0.39 is 0 Å². The molecule has 1 amide bonds. The van der Waals surface area contributed by atoms with Gasteiger partial charge in [-0.15, -0.1) is 0 Å². The first-order valence-electron chi connectivity index (χ1n) is 11.0. The molecule has 1 aliphatic heterocycles. The summed E-state index contributed by atoms with van der Waals surface area (Å²) >= 11 is 0. The van der Waals surface area contributed by atoms with Crippen molar-refractivity contribution in [3.63, 3.8) is 0 Å². The first-order chi connectivity index (χ1) is 15.8. The maximum atomic E-state index is 13.3. The fraction of sp³-hybridized carbons (Fsp3) is 0.231. The molecule has 0 saturated heterocycles. The van der Waals surface area contributed by atoms with Crippen molar-refractivity contribution < 1.29 is 9.53 Å². The molecule has 0 saturated carbocycles. The molecule has 0 atom stereocenters. The van der Waals surface area contributed by atoms with Crippen LogP contribution in [0.3, 0.4) is 0 Å². The molecule has 0 unspecified atom stereocenters. The lowest BCUT2D eigenvalue weighted by atomic mass is 10.1. The van der Waals surface area contributed by atoms with Gasteiger partial charge in [0.15, 0.2) is 0 Å². The number of hydrogen-bond donors (Lipinski definition) is 1. The zero-order chi connectivity index (χ0) is 21.8. The predicted molar refractivity (Wildman–Crippen MR) is 124 cm³/mol. The molecule has 1 aliphatic carbocycles. The summed E-state index contributed by atoms with van der Waals surface area (Å²) in [5.74, 6) is 1.63. The third kappa shape index (κ3) is 4.44. The summed E-state index contributed by atoms with van der Waals surface area (Å²) in [7, 11) is 0. The third-order valence-electron chi connectivity index (χ3n) is 5.83. The van der Waals surface area contributed by atoms with Crippen molar-refractivity contribution >= 4 is 11.6 Å². The summed E-state index contributed by atoms with van der Waals surface area (Å²) in [6.07, 6.45) is 11.8. The average Bonchev–Trinajstić information content (AvgIpc) is 3.28. The number of imidazole rings is 1. The first kappa shape index (κ1) is 20.1. The van der Waals surface area contributed by atoms with Gasteiger partial charge in [0, 0.05) is 37.1 Å². The number of fused-ring (bicyclic) bond motifs is 1. The number of nitrogens with zero attached hydrogens (tertiary/aromatic N) is 3. The van der Waals surface area contributed by atoms with Gasteiger partial charge >= 0.3 is 0 Å². The molecule has 5 rings (SSSR count). The second-order valence-electron chi connectivity index (χ2n) is 8.07. The maximum Gasteiger partial charge on any atom is 0.254 e. The Morgan fingerprint density at radius 1 is 1.06 bits per heavy atom. The van der Waals surface area contributed by atoms with E-state index in [2.05, 4.69) is 39.2 Å². The highest BCUT2D eigenvalue weighted by Gasteiger charge is 2.24. The van der Waals surface area contributed by atoms with Gasteiger partial charge in [-0.1, -0.05) is 24.3 Å². The van der Waals surface area contributed by atoms with Crippen LogP contribution in [0.15, 0.2) is 85.0 Å². The highest BCUT2D eigenvalue weighted by atomic mass is 16.5. The van der Waals surface area contributed by atoms with Gasteiger partial charge in [0.1, 0.15) is 11.5 Å². The van der Waals surface area contributed by atoms with Crippen LogP contribution < -0.4 is 9.64 Å². The Bertz CT molecular complexity index is 1130. The van der Waals surface area contributed by atoms with E-state index in [9.17, 15) is 4.79 Å². The van der Waals surface area contributed by atoms with E-state index in [1.807, 2.05) is 53.6 Å². The van der Waals surface area contributed by atoms with Crippen LogP contribution in [0.1, 0.15) is 34.5 Å². The summed E-state index contributed by atoms with van der Waals surface area (Å²) in [6.45, 7) is 2.72. The van der Waals surface area contributed by atoms with E-state index in [0.29, 0.717) is 18.7 Å². The van der Waals surface area contributed by atoms with Crippen LogP contribution in [0.25, 0.3) is 0 Å². The molecular weight excluding hydrogens is 400 g/mol. The predicted octanol–water partition coefficient (Wildman–Crippen LogP) is 4.69. The fourth-order valence-electron chi connectivity index (χ4n) is 4.16. The number of aromatic nitrogens is 2. The molecule has 6 heteroatoms. The van der Waals surface area contributed by atoms with Gasteiger partial charge in [0.2, 0.25) is 0 Å². The summed E-state index contributed by atoms with van der Waals surface area (Å²) < 4.78 is 5.90. The van der Waals surface area contributed by atoms with Crippen molar-refractivity contribution in [3.8, 4) is 5.75 Å². The number of carbonyl (C=O) groups is 1. The number of allylic oxidation sites excluding steroid dienone is 3. The van der Waals surface area contributed by atoms with Crippen LogP contribution >= 0.6 is 0 Å². The Morgan fingerprint density at radius 3 is 2.72 bits per heavy atom. The van der Waals surface area contributed by atoms with Crippen LogP contribution in [-0.2, 0) is 13.1 Å². The molecule has 0 radical (unpaired) electrons. The summed E-state index contributed by atoms with van der Waals surface area (Å²) in [6, 6.07) is 15.7. The molecule has 2 aromatic carbocycles. The lowest BCUT2D eigenvalue weighted by Crippen LogP contribution is -2.35. The lowest BCUT2D eigenvalue weighted by molar-refractivity contribution is 0.0751. The second-order valence-corrected chi connectivity index (χ2v) is 8.07. The van der Waals surface area contributed by atoms with Gasteiger partial charge < -0.3 is 19.5 Å². The second kappa shape index (κ2) is 9.14. The minimum Gasteiger partial charge on any atom is -0.458 e. The number of ether oxygens (including phenoxy) is 1. The number of carbonyl (C=O) groups excluding carboxylic acids is 1. The van der Waals surface area contributed by atoms with E-state index in [1.165, 1.54) is 0 Å². The van der Waals surface area contributed by atoms with Gasteiger partial charge in [0.25, 0.3) is 5.91 Å². The van der Waals surface area contributed by atoms with Crippen LogP contribution in [0.4, 0.5) is 5.69 Å². The molecule has 162 valence electrons. The molecule has 1 aromatic heterocycles. The van der Waals surface area contributed by atoms with Crippen molar-refractivity contribution in [3.05, 3.63) is 102 Å². The molecule has 0 bridgehead atoms. The number of benzene rings is 2. The van der Waals surface area contributed by atoms with Crippen molar-refractivity contribution in [2.45, 2.75) is 25.9 Å². The molecular formula is C26H26N4O2. The Morgan fingerprint density at radius 2 is 1.94 bits per heavy atom. The highest BCUT2D eigenvalue weighted by Crippen LogP contribution is 2.27. The van der Waals surface area contributed by atoms with Crippen molar-refractivity contribution in [2.24, 2.45) is 0 Å². The number of hydrogen-bond acceptors (Lipinski definition) is 4. The number of nitrogens with one attached hydrogen (secondary N) is 1. The smallest absolute Gasteiger partial charge is 0.254 e. The summed E-state index contributed by atoms with van der Waals surface area (Å²) in [5.41, 5.74) is 4.03. The number of aromatic amines is 1. The summed E-state index contributed by atoms with van der Waals surface area (Å²) in [4.78, 5) is 24.9. The molecule has 0 fully saturated rings. The van der Waals surface area contributed by atoms with E-state index in [-0.39, 0.29) is 5.91 Å². The average molecular weight is 427 g/mol. The quantitative estimate of drug-likeness (QED) is 0.643. The minimum atomic E-state index is 0.0338. The number of H-pyrrole nitrogens is 1. The van der Waals surface area contributed by atoms with Crippen LogP contribution in [0, 0.1) is 0 Å².